The molecule has 0 aliphatic carbocycles. The van der Waals surface area contributed by atoms with E-state index in [1.807, 2.05) is 0 Å². The van der Waals surface area contributed by atoms with Crippen molar-refractivity contribution < 1.29 is 0 Å². The minimum Gasteiger partial charge on any atom is -0.330 e. The number of nitrogens with zero attached hydrogens (tertiary/aromatic N) is 1. The van der Waals surface area contributed by atoms with Gasteiger partial charge in [0.1, 0.15) is 0 Å². The molecule has 1 aromatic rings. The van der Waals surface area contributed by atoms with Gasteiger partial charge in [-0.05, 0) is 54.9 Å². The number of benzene rings is 1. The summed E-state index contributed by atoms with van der Waals surface area (Å²) in [6, 6.07) is 10.7. The lowest BCUT2D eigenvalue weighted by Gasteiger charge is -2.32. The number of hydrogen-bond donors (Lipinski definition) is 0. The van der Waals surface area contributed by atoms with Crippen LogP contribution in [0.1, 0.15) is 0 Å². The smallest absolute Gasteiger partial charge is 0.0433 e. The average Bonchev–Trinajstić information content (AvgIpc) is 2.04. The third-order valence-electron chi connectivity index (χ3n) is 1.74. The third kappa shape index (κ3) is 2.93. The number of hydrogen-bond acceptors (Lipinski definition) is 1. The van der Waals surface area contributed by atoms with Crippen molar-refractivity contribution in [1.29, 1.82) is 0 Å². The molecule has 0 spiro atoms. The van der Waals surface area contributed by atoms with Gasteiger partial charge in [-0.2, -0.15) is 0 Å². The number of para-hydroxylation sites is 1. The monoisotopic (exact) mass is 213 g/mol. The van der Waals surface area contributed by atoms with E-state index < -0.39 is 0 Å². The summed E-state index contributed by atoms with van der Waals surface area (Å²) in [6.07, 6.45) is 0. The van der Waals surface area contributed by atoms with Crippen molar-refractivity contribution >= 4 is 21.8 Å². The Morgan fingerprint density at radius 1 is 0.846 bits per heavy atom. The molecule has 0 bridgehead atoms. The van der Waals surface area contributed by atoms with Crippen LogP contribution in [0.2, 0.25) is 0 Å². The summed E-state index contributed by atoms with van der Waals surface area (Å²) in [7, 11) is -0.0350. The summed E-state index contributed by atoms with van der Waals surface area (Å²) in [5.41, 5.74) is 1.37. The van der Waals surface area contributed by atoms with Crippen molar-refractivity contribution in [3.05, 3.63) is 30.3 Å². The van der Waals surface area contributed by atoms with E-state index in [2.05, 4.69) is 61.4 Å². The molecule has 0 amide bonds. The fourth-order valence-electron chi connectivity index (χ4n) is 1.38. The maximum atomic E-state index is 2.55. The van der Waals surface area contributed by atoms with Crippen molar-refractivity contribution in [2.75, 3.05) is 31.1 Å². The lowest BCUT2D eigenvalue weighted by atomic mass is 10.3. The minimum atomic E-state index is -0.0175. The predicted octanol–water partition coefficient (Wildman–Crippen LogP) is 3.81. The van der Waals surface area contributed by atoms with Gasteiger partial charge in [0.05, 0.1) is 0 Å². The van der Waals surface area contributed by atoms with E-state index in [1.54, 1.807) is 0 Å². The van der Waals surface area contributed by atoms with E-state index in [4.69, 9.17) is 0 Å². The highest BCUT2D eigenvalue weighted by Gasteiger charge is 2.12. The van der Waals surface area contributed by atoms with E-state index in [0.717, 1.165) is 0 Å². The summed E-state index contributed by atoms with van der Waals surface area (Å²) in [5, 5.41) is 0. The molecule has 0 fully saturated rings. The molecule has 0 saturated heterocycles. The first-order chi connectivity index (χ1) is 6.13. The standard InChI is InChI=1S/C10H17NP2/c1-12(2)11(13(3)4)10-8-6-5-7-9-10/h5-9H,1-4H3. The highest BCUT2D eigenvalue weighted by Crippen LogP contribution is 2.51. The second-order valence-corrected chi connectivity index (χ2v) is 7.82. The molecular formula is C10H17NP2. The van der Waals surface area contributed by atoms with Crippen LogP contribution in [0.5, 0.6) is 0 Å². The van der Waals surface area contributed by atoms with Gasteiger partial charge in [0, 0.05) is 5.69 Å². The minimum absolute atomic E-state index is 0.0175. The molecule has 1 aromatic carbocycles. The summed E-state index contributed by atoms with van der Waals surface area (Å²) in [4.78, 5) is 0. The van der Waals surface area contributed by atoms with Gasteiger partial charge in [0.15, 0.2) is 0 Å². The zero-order valence-corrected chi connectivity index (χ0v) is 10.5. The van der Waals surface area contributed by atoms with Gasteiger partial charge in [-0.1, -0.05) is 18.2 Å². The highest BCUT2D eigenvalue weighted by molar-refractivity contribution is 7.75. The van der Waals surface area contributed by atoms with Crippen molar-refractivity contribution in [2.45, 2.75) is 0 Å². The fourth-order valence-corrected chi connectivity index (χ4v) is 5.43. The number of rotatable bonds is 3. The Hall–Kier alpha value is -0.120. The zero-order chi connectivity index (χ0) is 9.84. The lowest BCUT2D eigenvalue weighted by molar-refractivity contribution is 1.55. The molecule has 13 heavy (non-hydrogen) atoms. The molecule has 0 aliphatic heterocycles. The van der Waals surface area contributed by atoms with Crippen LogP contribution in [0.3, 0.4) is 0 Å². The third-order valence-corrected chi connectivity index (χ3v) is 5.87. The van der Waals surface area contributed by atoms with Gasteiger partial charge in [-0.15, -0.1) is 0 Å². The van der Waals surface area contributed by atoms with Gasteiger partial charge in [-0.3, -0.25) is 0 Å². The highest BCUT2D eigenvalue weighted by atomic mass is 31.2. The van der Waals surface area contributed by atoms with Crippen LogP contribution in [-0.4, -0.2) is 26.7 Å². The molecule has 3 heteroatoms. The summed E-state index contributed by atoms with van der Waals surface area (Å²) in [5.74, 6) is 0. The molecule has 72 valence electrons. The maximum absolute atomic E-state index is 2.55. The van der Waals surface area contributed by atoms with Crippen LogP contribution in [0.15, 0.2) is 30.3 Å². The van der Waals surface area contributed by atoms with E-state index in [9.17, 15) is 0 Å². The Kier molecular flexibility index (Phi) is 4.16. The van der Waals surface area contributed by atoms with Crippen LogP contribution in [0.4, 0.5) is 5.69 Å². The van der Waals surface area contributed by atoms with E-state index in [1.165, 1.54) is 5.69 Å². The van der Waals surface area contributed by atoms with Crippen LogP contribution in [0, 0.1) is 0 Å². The Labute approximate surface area is 83.8 Å². The van der Waals surface area contributed by atoms with Crippen molar-refractivity contribution in [1.82, 2.24) is 0 Å². The van der Waals surface area contributed by atoms with Gasteiger partial charge in [-0.25, -0.2) is 0 Å². The van der Waals surface area contributed by atoms with Crippen molar-refractivity contribution in [3.63, 3.8) is 0 Å². The molecule has 1 rings (SSSR count). The Bertz CT molecular complexity index is 238. The second-order valence-electron chi connectivity index (χ2n) is 3.32. The van der Waals surface area contributed by atoms with Gasteiger partial charge in [0.2, 0.25) is 0 Å². The molecule has 0 radical (unpaired) electrons. The molecule has 0 saturated carbocycles. The van der Waals surface area contributed by atoms with Crippen LogP contribution in [-0.2, 0) is 0 Å². The molecular weight excluding hydrogens is 196 g/mol. The normalized spacial score (nSPS) is 10.9. The molecule has 0 N–H and O–H groups in total. The predicted molar refractivity (Wildman–Crippen MR) is 66.5 cm³/mol. The van der Waals surface area contributed by atoms with Crippen LogP contribution >= 0.6 is 16.1 Å². The lowest BCUT2D eigenvalue weighted by Crippen LogP contribution is -2.07. The average molecular weight is 213 g/mol. The maximum Gasteiger partial charge on any atom is 0.0433 e. The second kappa shape index (κ2) is 4.94. The first-order valence-electron chi connectivity index (χ1n) is 4.32. The summed E-state index contributed by atoms with van der Waals surface area (Å²) < 4.78 is 2.55. The summed E-state index contributed by atoms with van der Waals surface area (Å²) in [6.45, 7) is 9.24. The van der Waals surface area contributed by atoms with Gasteiger partial charge < -0.3 is 4.44 Å². The molecule has 0 aliphatic rings. The largest absolute Gasteiger partial charge is 0.330 e. The van der Waals surface area contributed by atoms with E-state index in [0.29, 0.717) is 0 Å². The molecule has 0 atom stereocenters. The molecule has 0 aromatic heterocycles. The quantitative estimate of drug-likeness (QED) is 0.690. The summed E-state index contributed by atoms with van der Waals surface area (Å²) >= 11 is 0. The van der Waals surface area contributed by atoms with Gasteiger partial charge >= 0.3 is 0 Å². The van der Waals surface area contributed by atoms with Crippen LogP contribution in [0.25, 0.3) is 0 Å². The topological polar surface area (TPSA) is 3.24 Å². The van der Waals surface area contributed by atoms with Gasteiger partial charge in [0.25, 0.3) is 0 Å². The fraction of sp³-hybridized carbons (Fsp3) is 0.400. The van der Waals surface area contributed by atoms with E-state index in [-0.39, 0.29) is 16.1 Å². The SMILES string of the molecule is CP(C)N(c1ccccc1)P(C)C. The van der Waals surface area contributed by atoms with Crippen molar-refractivity contribution in [3.8, 4) is 0 Å². The number of anilines is 1. The molecule has 1 nitrogen and oxygen atoms in total. The van der Waals surface area contributed by atoms with Crippen molar-refractivity contribution in [2.24, 2.45) is 0 Å². The Morgan fingerprint density at radius 2 is 1.31 bits per heavy atom. The Balaban J connectivity index is 2.89. The van der Waals surface area contributed by atoms with E-state index >= 15 is 0 Å². The van der Waals surface area contributed by atoms with Crippen LogP contribution < -0.4 is 4.44 Å². The Morgan fingerprint density at radius 3 is 1.69 bits per heavy atom. The molecule has 0 heterocycles. The molecule has 0 unspecified atom stereocenters. The first-order valence-corrected chi connectivity index (χ1v) is 8.70. The first kappa shape index (κ1) is 11.0. The zero-order valence-electron chi connectivity index (χ0n) is 8.73.